The molecule has 0 saturated heterocycles. The van der Waals surface area contributed by atoms with E-state index in [4.69, 9.17) is 4.74 Å². The predicted molar refractivity (Wildman–Crippen MR) is 211 cm³/mol. The maximum atomic E-state index is 12.8. The number of hydrogen-bond acceptors (Lipinski definition) is 2. The van der Waals surface area contributed by atoms with Crippen LogP contribution in [0.1, 0.15) is 170 Å². The Labute approximate surface area is 303 Å². The van der Waals surface area contributed by atoms with E-state index in [1.54, 1.807) is 5.57 Å². The molecule has 0 aliphatic heterocycles. The summed E-state index contributed by atoms with van der Waals surface area (Å²) in [7, 11) is 0. The molecule has 276 valence electrons. The minimum absolute atomic E-state index is 0.0415. The molecule has 2 heteroatoms. The average Bonchev–Trinajstić information content (AvgIpc) is 3.44. The molecule has 0 N–H and O–H groups in total. The Morgan fingerprint density at radius 2 is 1.51 bits per heavy atom. The van der Waals surface area contributed by atoms with Crippen molar-refractivity contribution in [2.45, 2.75) is 177 Å². The third kappa shape index (κ3) is 10.8. The molecule has 0 heterocycles. The van der Waals surface area contributed by atoms with Crippen molar-refractivity contribution in [3.63, 3.8) is 0 Å². The minimum Gasteiger partial charge on any atom is -0.462 e. The second kappa shape index (κ2) is 19.7. The molecule has 0 aromatic rings. The number of esters is 1. The number of hydrogen-bond donors (Lipinski definition) is 0. The molecule has 49 heavy (non-hydrogen) atoms. The zero-order valence-electron chi connectivity index (χ0n) is 33.1. The number of allylic oxidation sites excluding steroid dienone is 9. The van der Waals surface area contributed by atoms with Gasteiger partial charge >= 0.3 is 5.97 Å². The normalized spacial score (nSPS) is 32.9. The standard InChI is InChI=1S/C47H76O2/c1-8-9-10-11-12-13-14-15-16-17-18-19-20-21-22-23-24-45(48)49-40-31-33-46(6)39(35-40)27-28-41-43-30-29-42(47(43,7)34-32-44(41)46)38(5)26-25-37(4)36(2)3/h9-10,12-13,15-16,25-27,36-38,40-44H,8,11,14,17-24,28-35H2,1-7H3/b10-9+,13-12+,16-15+,26-25+. The van der Waals surface area contributed by atoms with E-state index < -0.39 is 0 Å². The van der Waals surface area contributed by atoms with Gasteiger partial charge in [-0.05, 0) is 136 Å². The Kier molecular flexibility index (Phi) is 16.1. The topological polar surface area (TPSA) is 26.3 Å². The van der Waals surface area contributed by atoms with Crippen molar-refractivity contribution in [2.24, 2.45) is 52.3 Å². The van der Waals surface area contributed by atoms with Crippen molar-refractivity contribution in [3.05, 3.63) is 60.3 Å². The summed E-state index contributed by atoms with van der Waals surface area (Å²) in [5.74, 6) is 5.43. The van der Waals surface area contributed by atoms with Gasteiger partial charge in [0.1, 0.15) is 6.10 Å². The van der Waals surface area contributed by atoms with Crippen molar-refractivity contribution in [1.29, 1.82) is 0 Å². The zero-order chi connectivity index (χ0) is 35.3. The number of unbranched alkanes of at least 4 members (excludes halogenated alkanes) is 6. The van der Waals surface area contributed by atoms with Crippen molar-refractivity contribution < 1.29 is 9.53 Å². The van der Waals surface area contributed by atoms with Crippen LogP contribution in [0.4, 0.5) is 0 Å². The van der Waals surface area contributed by atoms with Gasteiger partial charge in [-0.3, -0.25) is 4.79 Å². The molecule has 0 aromatic heterocycles. The predicted octanol–water partition coefficient (Wildman–Crippen LogP) is 13.9. The first kappa shape index (κ1) is 39.9. The minimum atomic E-state index is 0.0415. The lowest BCUT2D eigenvalue weighted by atomic mass is 9.47. The fourth-order valence-corrected chi connectivity index (χ4v) is 10.6. The first-order chi connectivity index (χ1) is 23.6. The molecule has 0 spiro atoms. The summed E-state index contributed by atoms with van der Waals surface area (Å²) in [5.41, 5.74) is 2.42. The molecule has 0 bridgehead atoms. The van der Waals surface area contributed by atoms with Gasteiger partial charge in [0.2, 0.25) is 0 Å². The molecule has 4 aliphatic rings. The maximum Gasteiger partial charge on any atom is 0.306 e. The molecule has 2 nitrogen and oxygen atoms in total. The number of ether oxygens (including phenoxy) is 1. The highest BCUT2D eigenvalue weighted by molar-refractivity contribution is 5.69. The Morgan fingerprint density at radius 1 is 0.816 bits per heavy atom. The van der Waals surface area contributed by atoms with Crippen LogP contribution >= 0.6 is 0 Å². The Bertz CT molecular complexity index is 1150. The third-order valence-corrected chi connectivity index (χ3v) is 14.1. The van der Waals surface area contributed by atoms with Gasteiger partial charge in [-0.2, -0.15) is 0 Å². The van der Waals surface area contributed by atoms with E-state index in [0.29, 0.717) is 35.0 Å². The van der Waals surface area contributed by atoms with Crippen molar-refractivity contribution in [1.82, 2.24) is 0 Å². The highest BCUT2D eigenvalue weighted by Gasteiger charge is 2.59. The second-order valence-corrected chi connectivity index (χ2v) is 17.6. The van der Waals surface area contributed by atoms with E-state index in [9.17, 15) is 4.79 Å². The molecule has 9 unspecified atom stereocenters. The summed E-state index contributed by atoms with van der Waals surface area (Å²) in [6.07, 6.45) is 43.7. The highest BCUT2D eigenvalue weighted by atomic mass is 16.5. The van der Waals surface area contributed by atoms with E-state index in [2.05, 4.69) is 103 Å². The van der Waals surface area contributed by atoms with Gasteiger partial charge in [0.25, 0.3) is 0 Å². The summed E-state index contributed by atoms with van der Waals surface area (Å²) in [4.78, 5) is 12.8. The molecule has 0 radical (unpaired) electrons. The van der Waals surface area contributed by atoms with E-state index in [1.165, 1.54) is 70.6 Å². The van der Waals surface area contributed by atoms with Crippen LogP contribution < -0.4 is 0 Å². The molecule has 0 aromatic carbocycles. The van der Waals surface area contributed by atoms with Gasteiger partial charge in [0, 0.05) is 12.8 Å². The molecule has 3 saturated carbocycles. The molecular formula is C47H76O2. The molecule has 3 fully saturated rings. The van der Waals surface area contributed by atoms with Gasteiger partial charge in [-0.25, -0.2) is 0 Å². The van der Waals surface area contributed by atoms with Crippen LogP contribution in [-0.2, 0) is 9.53 Å². The Balaban J connectivity index is 1.13. The Morgan fingerprint density at radius 3 is 2.24 bits per heavy atom. The number of carbonyl (C=O) groups is 1. The first-order valence-electron chi connectivity index (χ1n) is 21.1. The number of carbonyl (C=O) groups excluding carboxylic acids is 1. The quantitative estimate of drug-likeness (QED) is 0.0775. The van der Waals surface area contributed by atoms with Gasteiger partial charge in [0.15, 0.2) is 0 Å². The SMILES string of the molecule is CC/C=C/C/C=C/C/C=C/CCCCCCCCC(=O)OC1CCC2(C)C(=CCC3C2CCC2(C)C(C(C)/C=C/C(C)C(C)C)CCC32)C1. The second-order valence-electron chi connectivity index (χ2n) is 17.6. The monoisotopic (exact) mass is 673 g/mol. The average molecular weight is 673 g/mol. The molecule has 4 aliphatic carbocycles. The number of rotatable bonds is 19. The zero-order valence-corrected chi connectivity index (χ0v) is 33.1. The van der Waals surface area contributed by atoms with E-state index >= 15 is 0 Å². The summed E-state index contributed by atoms with van der Waals surface area (Å²) < 4.78 is 6.12. The Hall–Kier alpha value is -1.83. The number of fused-ring (bicyclic) bond motifs is 5. The third-order valence-electron chi connectivity index (χ3n) is 14.1. The fraction of sp³-hybridized carbons (Fsp3) is 0.766. The maximum absolute atomic E-state index is 12.8. The lowest BCUT2D eigenvalue weighted by Crippen LogP contribution is -2.51. The van der Waals surface area contributed by atoms with Gasteiger partial charge in [0.05, 0.1) is 0 Å². The summed E-state index contributed by atoms with van der Waals surface area (Å²) in [6.45, 7) is 17.0. The van der Waals surface area contributed by atoms with Gasteiger partial charge in [-0.15, -0.1) is 0 Å². The van der Waals surface area contributed by atoms with Crippen molar-refractivity contribution in [3.8, 4) is 0 Å². The van der Waals surface area contributed by atoms with Crippen LogP contribution in [0.3, 0.4) is 0 Å². The van der Waals surface area contributed by atoms with Gasteiger partial charge in [-0.1, -0.05) is 134 Å². The lowest BCUT2D eigenvalue weighted by molar-refractivity contribution is -0.151. The smallest absolute Gasteiger partial charge is 0.306 e. The summed E-state index contributed by atoms with van der Waals surface area (Å²) in [6, 6.07) is 0. The van der Waals surface area contributed by atoms with E-state index in [0.717, 1.165) is 68.6 Å². The van der Waals surface area contributed by atoms with Crippen LogP contribution in [0.5, 0.6) is 0 Å². The highest BCUT2D eigenvalue weighted by Crippen LogP contribution is 2.67. The lowest BCUT2D eigenvalue weighted by Gasteiger charge is -2.58. The molecule has 4 rings (SSSR count). The fourth-order valence-electron chi connectivity index (χ4n) is 10.6. The van der Waals surface area contributed by atoms with Crippen LogP contribution in [0.2, 0.25) is 0 Å². The summed E-state index contributed by atoms with van der Waals surface area (Å²) in [5, 5.41) is 0. The van der Waals surface area contributed by atoms with Gasteiger partial charge < -0.3 is 4.74 Å². The largest absolute Gasteiger partial charge is 0.462 e. The van der Waals surface area contributed by atoms with E-state index in [-0.39, 0.29) is 12.1 Å². The molecule has 0 amide bonds. The van der Waals surface area contributed by atoms with Crippen molar-refractivity contribution >= 4 is 5.97 Å². The summed E-state index contributed by atoms with van der Waals surface area (Å²) >= 11 is 0. The van der Waals surface area contributed by atoms with Crippen LogP contribution in [0, 0.1) is 52.3 Å². The van der Waals surface area contributed by atoms with Crippen molar-refractivity contribution in [2.75, 3.05) is 0 Å². The van der Waals surface area contributed by atoms with E-state index in [1.807, 2.05) is 0 Å². The molecule has 9 atom stereocenters. The van der Waals surface area contributed by atoms with Crippen LogP contribution in [0.15, 0.2) is 60.3 Å². The first-order valence-corrected chi connectivity index (χ1v) is 21.1. The van der Waals surface area contributed by atoms with Crippen LogP contribution in [-0.4, -0.2) is 12.1 Å². The van der Waals surface area contributed by atoms with Crippen LogP contribution in [0.25, 0.3) is 0 Å². The molecular weight excluding hydrogens is 597 g/mol.